The van der Waals surface area contributed by atoms with Gasteiger partial charge in [0.05, 0.1) is 0 Å². The molecule has 2 heteroatoms. The van der Waals surface area contributed by atoms with Gasteiger partial charge in [-0.25, -0.2) is 0 Å². The third-order valence-electron chi connectivity index (χ3n) is 2.75. The molecular formula is C18H22N2. The standard InChI is InChI=1S/C10H11N.C8H11N/c1-2-3-4-9-5-7-10(11)8-6-9;1-2-7-3-5-8(9)6-4-7/h2-8H,1,11H2;3-6H,2,9H2,1H3/b4-3+;. The molecule has 0 aliphatic rings. The maximum Gasteiger partial charge on any atom is 0.0314 e. The second kappa shape index (κ2) is 8.59. The summed E-state index contributed by atoms with van der Waals surface area (Å²) in [6, 6.07) is 15.7. The lowest BCUT2D eigenvalue weighted by atomic mass is 10.2. The van der Waals surface area contributed by atoms with Crippen molar-refractivity contribution in [2.24, 2.45) is 0 Å². The van der Waals surface area contributed by atoms with E-state index in [-0.39, 0.29) is 0 Å². The molecule has 0 spiro atoms. The minimum absolute atomic E-state index is 0.792. The molecule has 0 saturated heterocycles. The minimum atomic E-state index is 0.792. The van der Waals surface area contributed by atoms with E-state index in [4.69, 9.17) is 11.5 Å². The van der Waals surface area contributed by atoms with E-state index in [2.05, 4.69) is 25.6 Å². The number of anilines is 2. The molecule has 0 bridgehead atoms. The molecule has 20 heavy (non-hydrogen) atoms. The van der Waals surface area contributed by atoms with Crippen LogP contribution in [0.25, 0.3) is 6.08 Å². The van der Waals surface area contributed by atoms with E-state index in [1.807, 2.05) is 48.6 Å². The van der Waals surface area contributed by atoms with Crippen molar-refractivity contribution in [2.45, 2.75) is 13.3 Å². The first-order valence-electron chi connectivity index (χ1n) is 6.64. The van der Waals surface area contributed by atoms with Gasteiger partial charge in [0.2, 0.25) is 0 Å². The molecule has 0 saturated carbocycles. The molecule has 0 fully saturated rings. The number of nitrogen functional groups attached to an aromatic ring is 2. The summed E-state index contributed by atoms with van der Waals surface area (Å²) in [4.78, 5) is 0. The Bertz CT molecular complexity index is 537. The van der Waals surface area contributed by atoms with Gasteiger partial charge >= 0.3 is 0 Å². The zero-order valence-corrected chi connectivity index (χ0v) is 11.9. The van der Waals surface area contributed by atoms with E-state index >= 15 is 0 Å². The fourth-order valence-electron chi connectivity index (χ4n) is 1.54. The molecule has 0 aromatic heterocycles. The van der Waals surface area contributed by atoms with Gasteiger partial charge in [0.25, 0.3) is 0 Å². The monoisotopic (exact) mass is 266 g/mol. The Morgan fingerprint density at radius 2 is 1.40 bits per heavy atom. The molecule has 0 aliphatic carbocycles. The van der Waals surface area contributed by atoms with E-state index in [1.54, 1.807) is 6.08 Å². The van der Waals surface area contributed by atoms with Crippen molar-refractivity contribution in [2.75, 3.05) is 11.5 Å². The van der Waals surface area contributed by atoms with Gasteiger partial charge in [0.1, 0.15) is 0 Å². The fourth-order valence-corrected chi connectivity index (χ4v) is 1.54. The summed E-state index contributed by atoms with van der Waals surface area (Å²) >= 11 is 0. The highest BCUT2D eigenvalue weighted by Crippen LogP contribution is 2.06. The van der Waals surface area contributed by atoms with Gasteiger partial charge in [-0.2, -0.15) is 0 Å². The summed E-state index contributed by atoms with van der Waals surface area (Å²) in [5.74, 6) is 0. The number of aryl methyl sites for hydroxylation is 1. The molecule has 0 aliphatic heterocycles. The highest BCUT2D eigenvalue weighted by atomic mass is 14.5. The van der Waals surface area contributed by atoms with Gasteiger partial charge in [-0.05, 0) is 41.8 Å². The van der Waals surface area contributed by atoms with Crippen LogP contribution in [-0.4, -0.2) is 0 Å². The maximum atomic E-state index is 5.51. The van der Waals surface area contributed by atoms with Crippen molar-refractivity contribution < 1.29 is 0 Å². The third-order valence-corrected chi connectivity index (χ3v) is 2.75. The normalized spacial score (nSPS) is 9.85. The first-order valence-corrected chi connectivity index (χ1v) is 6.64. The Morgan fingerprint density at radius 3 is 1.85 bits per heavy atom. The minimum Gasteiger partial charge on any atom is -0.399 e. The van der Waals surface area contributed by atoms with Gasteiger partial charge in [-0.1, -0.05) is 56.0 Å². The van der Waals surface area contributed by atoms with Crippen molar-refractivity contribution in [3.05, 3.63) is 78.4 Å². The Kier molecular flexibility index (Phi) is 6.69. The molecule has 104 valence electrons. The lowest BCUT2D eigenvalue weighted by molar-refractivity contribution is 1.14. The third kappa shape index (κ3) is 5.91. The molecular weight excluding hydrogens is 244 g/mol. The lowest BCUT2D eigenvalue weighted by Gasteiger charge is -1.94. The molecule has 2 nitrogen and oxygen atoms in total. The first-order chi connectivity index (χ1) is 9.65. The second-order valence-electron chi connectivity index (χ2n) is 4.36. The first kappa shape index (κ1) is 15.6. The number of rotatable bonds is 3. The summed E-state index contributed by atoms with van der Waals surface area (Å²) in [6.07, 6.45) is 6.70. The van der Waals surface area contributed by atoms with Gasteiger partial charge in [-0.15, -0.1) is 0 Å². The predicted octanol–water partition coefficient (Wildman–Crippen LogP) is 4.30. The summed E-state index contributed by atoms with van der Waals surface area (Å²) in [5.41, 5.74) is 15.1. The zero-order valence-electron chi connectivity index (χ0n) is 11.9. The number of allylic oxidation sites excluding steroid dienone is 2. The average molecular weight is 266 g/mol. The van der Waals surface area contributed by atoms with Crippen molar-refractivity contribution in [1.82, 2.24) is 0 Å². The summed E-state index contributed by atoms with van der Waals surface area (Å²) < 4.78 is 0. The largest absolute Gasteiger partial charge is 0.399 e. The summed E-state index contributed by atoms with van der Waals surface area (Å²) in [7, 11) is 0. The van der Waals surface area contributed by atoms with Gasteiger partial charge in [0, 0.05) is 11.4 Å². The quantitative estimate of drug-likeness (QED) is 0.643. The molecule has 0 unspecified atom stereocenters. The van der Waals surface area contributed by atoms with E-state index in [9.17, 15) is 0 Å². The van der Waals surface area contributed by atoms with Crippen LogP contribution in [0.3, 0.4) is 0 Å². The zero-order chi connectivity index (χ0) is 14.8. The molecule has 0 heterocycles. The van der Waals surface area contributed by atoms with Crippen LogP contribution < -0.4 is 11.5 Å². The molecule has 0 radical (unpaired) electrons. The lowest BCUT2D eigenvalue weighted by Crippen LogP contribution is -1.84. The van der Waals surface area contributed by atoms with Crippen LogP contribution in [0, 0.1) is 0 Å². The molecule has 2 aromatic rings. The van der Waals surface area contributed by atoms with Crippen molar-refractivity contribution in [3.63, 3.8) is 0 Å². The summed E-state index contributed by atoms with van der Waals surface area (Å²) in [6.45, 7) is 5.71. The second-order valence-corrected chi connectivity index (χ2v) is 4.36. The van der Waals surface area contributed by atoms with Crippen LogP contribution in [0.5, 0.6) is 0 Å². The Labute approximate surface area is 121 Å². The molecule has 4 N–H and O–H groups in total. The highest BCUT2D eigenvalue weighted by molar-refractivity contribution is 5.54. The van der Waals surface area contributed by atoms with Crippen LogP contribution in [-0.2, 0) is 6.42 Å². The van der Waals surface area contributed by atoms with E-state index < -0.39 is 0 Å². The highest BCUT2D eigenvalue weighted by Gasteiger charge is 1.85. The smallest absolute Gasteiger partial charge is 0.0314 e. The predicted molar refractivity (Wildman–Crippen MR) is 90.3 cm³/mol. The fraction of sp³-hybridized carbons (Fsp3) is 0.111. The molecule has 0 amide bonds. The summed E-state index contributed by atoms with van der Waals surface area (Å²) in [5, 5.41) is 0. The van der Waals surface area contributed by atoms with Crippen molar-refractivity contribution in [3.8, 4) is 0 Å². The van der Waals surface area contributed by atoms with E-state index in [0.717, 1.165) is 23.4 Å². The van der Waals surface area contributed by atoms with Gasteiger partial charge in [0.15, 0.2) is 0 Å². The van der Waals surface area contributed by atoms with E-state index in [0.29, 0.717) is 0 Å². The maximum absolute atomic E-state index is 5.51. The Hall–Kier alpha value is -2.48. The topological polar surface area (TPSA) is 52.0 Å². The van der Waals surface area contributed by atoms with Crippen molar-refractivity contribution in [1.29, 1.82) is 0 Å². The van der Waals surface area contributed by atoms with Crippen molar-refractivity contribution >= 4 is 17.5 Å². The van der Waals surface area contributed by atoms with Gasteiger partial charge < -0.3 is 11.5 Å². The van der Waals surface area contributed by atoms with Gasteiger partial charge in [-0.3, -0.25) is 0 Å². The Balaban J connectivity index is 0.000000204. The molecule has 2 aromatic carbocycles. The molecule has 0 atom stereocenters. The van der Waals surface area contributed by atoms with Crippen LogP contribution in [0.1, 0.15) is 18.1 Å². The van der Waals surface area contributed by atoms with Crippen LogP contribution in [0.2, 0.25) is 0 Å². The van der Waals surface area contributed by atoms with Crippen LogP contribution in [0.4, 0.5) is 11.4 Å². The number of nitrogens with two attached hydrogens (primary N) is 2. The number of hydrogen-bond acceptors (Lipinski definition) is 2. The number of benzene rings is 2. The average Bonchev–Trinajstić information content (AvgIpc) is 2.48. The molecule has 2 rings (SSSR count). The van der Waals surface area contributed by atoms with Crippen LogP contribution in [0.15, 0.2) is 67.3 Å². The van der Waals surface area contributed by atoms with E-state index in [1.165, 1.54) is 5.56 Å². The van der Waals surface area contributed by atoms with Crippen LogP contribution >= 0.6 is 0 Å². The Morgan fingerprint density at radius 1 is 0.900 bits per heavy atom. The number of hydrogen-bond donors (Lipinski definition) is 2. The SMILES string of the molecule is C=C/C=C/c1ccc(N)cc1.CCc1ccc(N)cc1.